The molecule has 1 aromatic heterocycles. The van der Waals surface area contributed by atoms with Crippen LogP contribution >= 0.6 is 12.6 Å². The standard InChI is InChI=1S/C12H9N5OS/c13-6-9(8-4-2-1-3-5-8)17-18-12-15-7-10(19)11(14)16-12/h1-5,7,19H,(H2,14,15,16)/b17-9+. The molecular formula is C12H9N5OS. The molecule has 0 saturated heterocycles. The van der Waals surface area contributed by atoms with Gasteiger partial charge in [0.15, 0.2) is 5.71 Å². The summed E-state index contributed by atoms with van der Waals surface area (Å²) in [7, 11) is 0. The van der Waals surface area contributed by atoms with Crippen LogP contribution in [0.5, 0.6) is 6.01 Å². The van der Waals surface area contributed by atoms with Crippen LogP contribution in [0.1, 0.15) is 5.56 Å². The summed E-state index contributed by atoms with van der Waals surface area (Å²) in [6.45, 7) is 0. The van der Waals surface area contributed by atoms with Crippen LogP contribution in [0, 0.1) is 11.3 Å². The number of anilines is 1. The molecule has 94 valence electrons. The molecule has 6 nitrogen and oxygen atoms in total. The highest BCUT2D eigenvalue weighted by Gasteiger charge is 2.05. The van der Waals surface area contributed by atoms with E-state index in [1.54, 1.807) is 24.3 Å². The molecule has 0 amide bonds. The predicted octanol–water partition coefficient (Wildman–Crippen LogP) is 1.65. The maximum Gasteiger partial charge on any atom is 0.347 e. The van der Waals surface area contributed by atoms with Crippen molar-refractivity contribution in [3.63, 3.8) is 0 Å². The Morgan fingerprint density at radius 3 is 2.74 bits per heavy atom. The van der Waals surface area contributed by atoms with Gasteiger partial charge in [0.1, 0.15) is 11.9 Å². The number of hydrogen-bond donors (Lipinski definition) is 2. The lowest BCUT2D eigenvalue weighted by Gasteiger charge is -2.00. The van der Waals surface area contributed by atoms with Crippen molar-refractivity contribution in [3.05, 3.63) is 42.1 Å². The number of nitrogen functional groups attached to an aromatic ring is 1. The summed E-state index contributed by atoms with van der Waals surface area (Å²) in [5, 5.41) is 12.7. The third kappa shape index (κ3) is 3.20. The monoisotopic (exact) mass is 271 g/mol. The molecule has 0 aliphatic heterocycles. The lowest BCUT2D eigenvalue weighted by molar-refractivity contribution is 0.313. The fourth-order valence-electron chi connectivity index (χ4n) is 1.24. The number of hydrogen-bond acceptors (Lipinski definition) is 7. The Bertz CT molecular complexity index is 651. The van der Waals surface area contributed by atoms with Crippen LogP contribution in [0.3, 0.4) is 0 Å². The second-order valence-corrected chi connectivity index (χ2v) is 3.91. The second kappa shape index (κ2) is 5.84. The fourth-order valence-corrected chi connectivity index (χ4v) is 1.34. The first kappa shape index (κ1) is 12.9. The highest BCUT2D eigenvalue weighted by atomic mass is 32.1. The van der Waals surface area contributed by atoms with Crippen molar-refractivity contribution < 1.29 is 4.84 Å². The summed E-state index contributed by atoms with van der Waals surface area (Å²) in [6, 6.07) is 10.8. The van der Waals surface area contributed by atoms with E-state index in [0.29, 0.717) is 10.5 Å². The van der Waals surface area contributed by atoms with Crippen molar-refractivity contribution >= 4 is 24.2 Å². The van der Waals surface area contributed by atoms with E-state index in [4.69, 9.17) is 15.8 Å². The van der Waals surface area contributed by atoms with Gasteiger partial charge in [-0.05, 0) is 0 Å². The van der Waals surface area contributed by atoms with E-state index in [1.165, 1.54) is 6.20 Å². The maximum atomic E-state index is 9.02. The minimum absolute atomic E-state index is 0.0426. The zero-order chi connectivity index (χ0) is 13.7. The smallest absolute Gasteiger partial charge is 0.347 e. The van der Waals surface area contributed by atoms with Gasteiger partial charge in [0.25, 0.3) is 0 Å². The largest absolute Gasteiger partial charge is 0.383 e. The molecule has 2 N–H and O–H groups in total. The average molecular weight is 271 g/mol. The van der Waals surface area contributed by atoms with E-state index >= 15 is 0 Å². The van der Waals surface area contributed by atoms with E-state index in [-0.39, 0.29) is 17.5 Å². The summed E-state index contributed by atoms with van der Waals surface area (Å²) < 4.78 is 0. The van der Waals surface area contributed by atoms with Crippen molar-refractivity contribution in [2.45, 2.75) is 4.90 Å². The Balaban J connectivity index is 2.21. The van der Waals surface area contributed by atoms with Crippen LogP contribution in [0.15, 0.2) is 46.6 Å². The molecule has 2 rings (SSSR count). The molecule has 7 heteroatoms. The average Bonchev–Trinajstić information content (AvgIpc) is 2.44. The molecular weight excluding hydrogens is 262 g/mol. The van der Waals surface area contributed by atoms with Gasteiger partial charge in [-0.25, -0.2) is 4.98 Å². The minimum Gasteiger partial charge on any atom is -0.383 e. The lowest BCUT2D eigenvalue weighted by Crippen LogP contribution is -2.02. The Morgan fingerprint density at radius 1 is 1.37 bits per heavy atom. The van der Waals surface area contributed by atoms with Crippen LogP contribution in [0.4, 0.5) is 5.82 Å². The summed E-state index contributed by atoms with van der Waals surface area (Å²) in [4.78, 5) is 13.1. The minimum atomic E-state index is -0.0426. The van der Waals surface area contributed by atoms with Crippen molar-refractivity contribution in [1.29, 1.82) is 5.26 Å². The van der Waals surface area contributed by atoms with Crippen LogP contribution in [-0.2, 0) is 0 Å². The van der Waals surface area contributed by atoms with Gasteiger partial charge in [-0.2, -0.15) is 10.2 Å². The van der Waals surface area contributed by atoms with E-state index in [0.717, 1.165) is 0 Å². The lowest BCUT2D eigenvalue weighted by atomic mass is 10.1. The van der Waals surface area contributed by atoms with E-state index in [1.807, 2.05) is 12.1 Å². The molecule has 2 aromatic rings. The molecule has 0 saturated carbocycles. The van der Waals surface area contributed by atoms with E-state index in [9.17, 15) is 0 Å². The second-order valence-electron chi connectivity index (χ2n) is 3.43. The van der Waals surface area contributed by atoms with E-state index < -0.39 is 0 Å². The fraction of sp³-hybridized carbons (Fsp3) is 0. The quantitative estimate of drug-likeness (QED) is 0.502. The number of thiol groups is 1. The van der Waals surface area contributed by atoms with Gasteiger partial charge in [0, 0.05) is 11.8 Å². The molecule has 0 atom stereocenters. The number of oxime groups is 1. The van der Waals surface area contributed by atoms with Gasteiger partial charge in [0.2, 0.25) is 0 Å². The summed E-state index contributed by atoms with van der Waals surface area (Å²) in [5.74, 6) is 0.182. The highest BCUT2D eigenvalue weighted by molar-refractivity contribution is 7.80. The normalized spacial score (nSPS) is 10.8. The number of nitrogens with two attached hydrogens (primary N) is 1. The zero-order valence-corrected chi connectivity index (χ0v) is 10.6. The molecule has 0 spiro atoms. The molecule has 0 aliphatic carbocycles. The number of aromatic nitrogens is 2. The molecule has 19 heavy (non-hydrogen) atoms. The molecule has 0 aliphatic rings. The van der Waals surface area contributed by atoms with Crippen molar-refractivity contribution in [2.24, 2.45) is 5.16 Å². The van der Waals surface area contributed by atoms with Gasteiger partial charge in [-0.3, -0.25) is 0 Å². The van der Waals surface area contributed by atoms with Crippen LogP contribution in [0.2, 0.25) is 0 Å². The van der Waals surface area contributed by atoms with E-state index in [2.05, 4.69) is 27.8 Å². The molecule has 1 heterocycles. The molecule has 1 aromatic carbocycles. The predicted molar refractivity (Wildman–Crippen MR) is 72.9 cm³/mol. The Hall–Kier alpha value is -2.59. The topological polar surface area (TPSA) is 97.2 Å². The molecule has 0 bridgehead atoms. The number of rotatable bonds is 3. The third-order valence-corrected chi connectivity index (χ3v) is 2.49. The number of nitriles is 1. The first-order chi connectivity index (χ1) is 9.20. The van der Waals surface area contributed by atoms with Crippen molar-refractivity contribution in [2.75, 3.05) is 5.73 Å². The van der Waals surface area contributed by atoms with Crippen LogP contribution in [-0.4, -0.2) is 15.7 Å². The maximum absolute atomic E-state index is 9.02. The van der Waals surface area contributed by atoms with Crippen LogP contribution in [0.25, 0.3) is 0 Å². The zero-order valence-electron chi connectivity index (χ0n) is 9.69. The van der Waals surface area contributed by atoms with Crippen molar-refractivity contribution in [1.82, 2.24) is 9.97 Å². The SMILES string of the molecule is N#C/C(=N\Oc1ncc(S)c(N)n1)c1ccccc1. The third-order valence-electron chi connectivity index (χ3n) is 2.15. The summed E-state index contributed by atoms with van der Waals surface area (Å²) in [5.41, 5.74) is 6.31. The highest BCUT2D eigenvalue weighted by Crippen LogP contribution is 2.15. The molecule has 0 unspecified atom stereocenters. The number of nitrogens with zero attached hydrogens (tertiary/aromatic N) is 4. The Labute approximate surface area is 115 Å². The van der Waals surface area contributed by atoms with Gasteiger partial charge in [-0.1, -0.05) is 35.5 Å². The Kier molecular flexibility index (Phi) is 3.95. The molecule has 0 radical (unpaired) electrons. The summed E-state index contributed by atoms with van der Waals surface area (Å²) >= 11 is 4.04. The van der Waals surface area contributed by atoms with Gasteiger partial charge < -0.3 is 10.6 Å². The first-order valence-corrected chi connectivity index (χ1v) is 5.67. The molecule has 0 fully saturated rings. The van der Waals surface area contributed by atoms with Gasteiger partial charge in [0.05, 0.1) is 4.90 Å². The number of benzene rings is 1. The van der Waals surface area contributed by atoms with Crippen LogP contribution < -0.4 is 10.6 Å². The van der Waals surface area contributed by atoms with Gasteiger partial charge >= 0.3 is 6.01 Å². The Morgan fingerprint density at radius 2 is 2.11 bits per heavy atom. The van der Waals surface area contributed by atoms with Gasteiger partial charge in [-0.15, -0.1) is 12.6 Å². The first-order valence-electron chi connectivity index (χ1n) is 5.22. The van der Waals surface area contributed by atoms with Crippen molar-refractivity contribution in [3.8, 4) is 12.1 Å². The summed E-state index contributed by atoms with van der Waals surface area (Å²) in [6.07, 6.45) is 1.39.